The maximum Gasteiger partial charge on any atom is 0.0964 e. The average Bonchev–Trinajstić information content (AvgIpc) is 2.28. The molecule has 0 radical (unpaired) electrons. The molecule has 0 aromatic rings. The fraction of sp³-hybridized carbons (Fsp3) is 0.500. The van der Waals surface area contributed by atoms with Crippen LogP contribution in [0.5, 0.6) is 0 Å². The third-order valence-corrected chi connectivity index (χ3v) is 2.56. The van der Waals surface area contributed by atoms with Gasteiger partial charge in [-0.25, -0.2) is 0 Å². The standard InChI is InChI=1S/C16H26O2/c1-7-13(2)9-8-10-14(3)15(18-6)11-12-16(4,5)17/h7-12,15,17H,1-6H3/b9-8+,12-11+,13-7-,14-10+. The summed E-state index contributed by atoms with van der Waals surface area (Å²) in [6.07, 6.45) is 11.7. The van der Waals surface area contributed by atoms with Gasteiger partial charge in [0, 0.05) is 7.11 Å². The van der Waals surface area contributed by atoms with Crippen molar-refractivity contribution in [2.75, 3.05) is 7.11 Å². The summed E-state index contributed by atoms with van der Waals surface area (Å²) < 4.78 is 5.38. The van der Waals surface area contributed by atoms with Gasteiger partial charge in [-0.15, -0.1) is 0 Å². The van der Waals surface area contributed by atoms with Gasteiger partial charge in [0.2, 0.25) is 0 Å². The second kappa shape index (κ2) is 8.06. The van der Waals surface area contributed by atoms with Crippen LogP contribution in [0.3, 0.4) is 0 Å². The van der Waals surface area contributed by atoms with E-state index in [0.29, 0.717) is 0 Å². The smallest absolute Gasteiger partial charge is 0.0964 e. The van der Waals surface area contributed by atoms with Crippen molar-refractivity contribution in [1.29, 1.82) is 0 Å². The predicted molar refractivity (Wildman–Crippen MR) is 78.6 cm³/mol. The van der Waals surface area contributed by atoms with Crippen molar-refractivity contribution in [3.63, 3.8) is 0 Å². The van der Waals surface area contributed by atoms with Gasteiger partial charge in [-0.1, -0.05) is 42.0 Å². The van der Waals surface area contributed by atoms with Crippen LogP contribution in [0.4, 0.5) is 0 Å². The normalized spacial score (nSPS) is 16.8. The van der Waals surface area contributed by atoms with Crippen LogP contribution < -0.4 is 0 Å². The molecule has 0 aliphatic rings. The Hall–Kier alpha value is -1.12. The third kappa shape index (κ3) is 8.04. The molecule has 0 saturated carbocycles. The van der Waals surface area contributed by atoms with Crippen molar-refractivity contribution in [1.82, 2.24) is 0 Å². The summed E-state index contributed by atoms with van der Waals surface area (Å²) >= 11 is 0. The Kier molecular flexibility index (Phi) is 7.56. The minimum absolute atomic E-state index is 0.105. The van der Waals surface area contributed by atoms with Crippen molar-refractivity contribution in [2.24, 2.45) is 0 Å². The summed E-state index contributed by atoms with van der Waals surface area (Å²) in [5, 5.41) is 9.64. The number of methoxy groups -OCH3 is 1. The molecule has 0 aliphatic heterocycles. The van der Waals surface area contributed by atoms with Gasteiger partial charge in [0.15, 0.2) is 0 Å². The number of allylic oxidation sites excluding steroid dienone is 5. The molecule has 0 aromatic carbocycles. The molecule has 102 valence electrons. The predicted octanol–water partition coefficient (Wildman–Crippen LogP) is 3.80. The van der Waals surface area contributed by atoms with Crippen molar-refractivity contribution < 1.29 is 9.84 Å². The molecule has 0 saturated heterocycles. The van der Waals surface area contributed by atoms with Gasteiger partial charge < -0.3 is 9.84 Å². The Morgan fingerprint density at radius 3 is 2.33 bits per heavy atom. The number of hydrogen-bond donors (Lipinski definition) is 1. The molecule has 2 heteroatoms. The zero-order valence-electron chi connectivity index (χ0n) is 12.4. The molecular formula is C16H26O2. The van der Waals surface area contributed by atoms with Crippen LogP contribution in [0.1, 0.15) is 34.6 Å². The van der Waals surface area contributed by atoms with Crippen molar-refractivity contribution in [3.8, 4) is 0 Å². The first-order valence-corrected chi connectivity index (χ1v) is 6.22. The van der Waals surface area contributed by atoms with Crippen molar-refractivity contribution in [2.45, 2.75) is 46.3 Å². The van der Waals surface area contributed by atoms with Crippen LogP contribution in [0, 0.1) is 0 Å². The van der Waals surface area contributed by atoms with Gasteiger partial charge in [-0.3, -0.25) is 0 Å². The van der Waals surface area contributed by atoms with Gasteiger partial charge >= 0.3 is 0 Å². The molecule has 2 nitrogen and oxygen atoms in total. The lowest BCUT2D eigenvalue weighted by Gasteiger charge is -2.15. The van der Waals surface area contributed by atoms with Gasteiger partial charge in [-0.05, 0) is 40.2 Å². The van der Waals surface area contributed by atoms with E-state index in [0.717, 1.165) is 5.57 Å². The first-order valence-electron chi connectivity index (χ1n) is 6.22. The van der Waals surface area contributed by atoms with E-state index in [1.54, 1.807) is 27.0 Å². The van der Waals surface area contributed by atoms with Crippen LogP contribution >= 0.6 is 0 Å². The van der Waals surface area contributed by atoms with E-state index >= 15 is 0 Å². The fourth-order valence-corrected chi connectivity index (χ4v) is 1.28. The zero-order valence-corrected chi connectivity index (χ0v) is 12.4. The Morgan fingerprint density at radius 1 is 1.28 bits per heavy atom. The molecule has 18 heavy (non-hydrogen) atoms. The quantitative estimate of drug-likeness (QED) is 0.574. The maximum absolute atomic E-state index is 9.64. The van der Waals surface area contributed by atoms with Gasteiger partial charge in [0.25, 0.3) is 0 Å². The van der Waals surface area contributed by atoms with E-state index < -0.39 is 5.60 Å². The summed E-state index contributed by atoms with van der Waals surface area (Å²) in [5.74, 6) is 0. The molecule has 1 unspecified atom stereocenters. The van der Waals surface area contributed by atoms with E-state index in [-0.39, 0.29) is 6.10 Å². The van der Waals surface area contributed by atoms with Crippen LogP contribution in [0.25, 0.3) is 0 Å². The fourth-order valence-electron chi connectivity index (χ4n) is 1.28. The highest BCUT2D eigenvalue weighted by Crippen LogP contribution is 2.11. The molecule has 1 N–H and O–H groups in total. The molecule has 0 rings (SSSR count). The summed E-state index contributed by atoms with van der Waals surface area (Å²) in [6.45, 7) is 9.56. The summed E-state index contributed by atoms with van der Waals surface area (Å²) in [4.78, 5) is 0. The highest BCUT2D eigenvalue weighted by Gasteiger charge is 2.10. The first-order chi connectivity index (χ1) is 8.30. The maximum atomic E-state index is 9.64. The van der Waals surface area contributed by atoms with E-state index in [2.05, 4.69) is 19.1 Å². The molecule has 0 fully saturated rings. The van der Waals surface area contributed by atoms with Crippen LogP contribution in [-0.4, -0.2) is 23.9 Å². The van der Waals surface area contributed by atoms with Crippen LogP contribution in [-0.2, 0) is 4.74 Å². The van der Waals surface area contributed by atoms with E-state index in [4.69, 9.17) is 4.74 Å². The molecule has 1 atom stereocenters. The van der Waals surface area contributed by atoms with Crippen LogP contribution in [0.15, 0.2) is 47.6 Å². The van der Waals surface area contributed by atoms with E-state index in [1.165, 1.54) is 5.57 Å². The highest BCUT2D eigenvalue weighted by molar-refractivity contribution is 5.25. The van der Waals surface area contributed by atoms with Gasteiger partial charge in [-0.2, -0.15) is 0 Å². The van der Waals surface area contributed by atoms with E-state index in [9.17, 15) is 5.11 Å². The molecule has 0 bridgehead atoms. The number of ether oxygens (including phenoxy) is 1. The zero-order chi connectivity index (χ0) is 14.2. The molecule has 0 spiro atoms. The SMILES string of the molecule is C\C=C(C)/C=C/C=C(\C)C(/C=C/C(C)(C)O)OC. The second-order valence-corrected chi connectivity index (χ2v) is 4.97. The average molecular weight is 250 g/mol. The van der Waals surface area contributed by atoms with Crippen molar-refractivity contribution in [3.05, 3.63) is 47.6 Å². The topological polar surface area (TPSA) is 29.5 Å². The Labute approximate surface area is 111 Å². The number of rotatable bonds is 6. The van der Waals surface area contributed by atoms with Crippen molar-refractivity contribution >= 4 is 0 Å². The lowest BCUT2D eigenvalue weighted by Crippen LogP contribution is -2.16. The van der Waals surface area contributed by atoms with Crippen LogP contribution in [0.2, 0.25) is 0 Å². The third-order valence-electron chi connectivity index (χ3n) is 2.56. The molecule has 0 amide bonds. The van der Waals surface area contributed by atoms with E-state index in [1.807, 2.05) is 32.1 Å². The Morgan fingerprint density at radius 2 is 1.89 bits per heavy atom. The largest absolute Gasteiger partial charge is 0.386 e. The monoisotopic (exact) mass is 250 g/mol. The number of hydrogen-bond acceptors (Lipinski definition) is 2. The first kappa shape index (κ1) is 16.9. The Bertz CT molecular complexity index is 352. The minimum atomic E-state index is -0.811. The minimum Gasteiger partial charge on any atom is -0.386 e. The molecule has 0 aliphatic carbocycles. The molecular weight excluding hydrogens is 224 g/mol. The lowest BCUT2D eigenvalue weighted by atomic mass is 10.1. The second-order valence-electron chi connectivity index (χ2n) is 4.97. The van der Waals surface area contributed by atoms with Gasteiger partial charge in [0.1, 0.15) is 0 Å². The summed E-state index contributed by atoms with van der Waals surface area (Å²) in [6, 6.07) is 0. The highest BCUT2D eigenvalue weighted by atomic mass is 16.5. The summed E-state index contributed by atoms with van der Waals surface area (Å²) in [5.41, 5.74) is 1.51. The Balaban J connectivity index is 4.72. The molecule has 0 heterocycles. The summed E-state index contributed by atoms with van der Waals surface area (Å²) in [7, 11) is 1.66. The lowest BCUT2D eigenvalue weighted by molar-refractivity contribution is 0.128. The number of aliphatic hydroxyl groups is 1. The van der Waals surface area contributed by atoms with Gasteiger partial charge in [0.05, 0.1) is 11.7 Å². The molecule has 0 aromatic heterocycles.